The Morgan fingerprint density at radius 3 is 2.45 bits per heavy atom. The van der Waals surface area contributed by atoms with Gasteiger partial charge in [0.15, 0.2) is 0 Å². The molecule has 0 unspecified atom stereocenters. The van der Waals surface area contributed by atoms with Gasteiger partial charge >= 0.3 is 0 Å². The fourth-order valence-electron chi connectivity index (χ4n) is 2.69. The molecular formula is C15H12N4O. The Balaban J connectivity index is 1.90. The number of fused-ring (bicyclic) bond motifs is 2. The summed E-state index contributed by atoms with van der Waals surface area (Å²) < 4.78 is 3.76. The van der Waals surface area contributed by atoms with Crippen molar-refractivity contribution in [3.63, 3.8) is 0 Å². The van der Waals surface area contributed by atoms with Gasteiger partial charge in [0.1, 0.15) is 6.33 Å². The van der Waals surface area contributed by atoms with E-state index in [1.165, 1.54) is 17.5 Å². The van der Waals surface area contributed by atoms with Crippen LogP contribution >= 0.6 is 0 Å². The van der Waals surface area contributed by atoms with Gasteiger partial charge < -0.3 is 0 Å². The fraction of sp³-hybridized carbons (Fsp3) is 0.133. The Morgan fingerprint density at radius 1 is 1.00 bits per heavy atom. The van der Waals surface area contributed by atoms with Crippen molar-refractivity contribution in [2.24, 2.45) is 0 Å². The normalized spacial score (nSPS) is 12.8. The third-order valence-electron chi connectivity index (χ3n) is 3.69. The summed E-state index contributed by atoms with van der Waals surface area (Å²) in [7, 11) is 0. The van der Waals surface area contributed by atoms with Crippen LogP contribution in [-0.4, -0.2) is 19.3 Å². The maximum atomic E-state index is 12.2. The molecule has 0 N–H and O–H groups in total. The summed E-state index contributed by atoms with van der Waals surface area (Å²) in [6, 6.07) is 11.7. The van der Waals surface area contributed by atoms with Crippen molar-refractivity contribution >= 4 is 0 Å². The Morgan fingerprint density at radius 2 is 1.75 bits per heavy atom. The van der Waals surface area contributed by atoms with Crippen LogP contribution in [0.5, 0.6) is 0 Å². The van der Waals surface area contributed by atoms with E-state index in [0.29, 0.717) is 13.1 Å². The zero-order valence-corrected chi connectivity index (χ0v) is 10.7. The SMILES string of the molecule is O=c1cc(-c2ccncn2)n2n1Cc1ccccc1C2. The predicted molar refractivity (Wildman–Crippen MR) is 74.4 cm³/mol. The van der Waals surface area contributed by atoms with Crippen LogP contribution in [0.4, 0.5) is 0 Å². The zero-order chi connectivity index (χ0) is 13.5. The summed E-state index contributed by atoms with van der Waals surface area (Å²) in [6.07, 6.45) is 3.19. The maximum Gasteiger partial charge on any atom is 0.267 e. The summed E-state index contributed by atoms with van der Waals surface area (Å²) >= 11 is 0. The van der Waals surface area contributed by atoms with E-state index in [2.05, 4.69) is 22.1 Å². The molecule has 0 amide bonds. The highest BCUT2D eigenvalue weighted by Crippen LogP contribution is 2.22. The van der Waals surface area contributed by atoms with E-state index in [4.69, 9.17) is 0 Å². The lowest BCUT2D eigenvalue weighted by Gasteiger charge is -2.22. The van der Waals surface area contributed by atoms with Gasteiger partial charge in [0.05, 0.1) is 24.5 Å². The Bertz CT molecular complexity index is 833. The second-order valence-corrected chi connectivity index (χ2v) is 4.85. The smallest absolute Gasteiger partial charge is 0.267 e. The molecule has 98 valence electrons. The van der Waals surface area contributed by atoms with Gasteiger partial charge in [0.25, 0.3) is 5.56 Å². The van der Waals surface area contributed by atoms with Crippen molar-refractivity contribution in [3.8, 4) is 11.4 Å². The standard InChI is InChI=1S/C15H12N4O/c20-15-7-14(13-5-6-16-10-17-13)18-8-11-3-1-2-4-12(11)9-19(15)18/h1-7,10H,8-9H2. The van der Waals surface area contributed by atoms with Crippen LogP contribution < -0.4 is 5.56 Å². The van der Waals surface area contributed by atoms with E-state index < -0.39 is 0 Å². The molecule has 0 atom stereocenters. The van der Waals surface area contributed by atoms with Crippen LogP contribution in [0.3, 0.4) is 0 Å². The number of aromatic nitrogens is 4. The molecule has 2 aromatic heterocycles. The topological polar surface area (TPSA) is 52.7 Å². The molecular weight excluding hydrogens is 252 g/mol. The number of benzene rings is 1. The molecule has 1 aromatic carbocycles. The molecule has 4 rings (SSSR count). The lowest BCUT2D eigenvalue weighted by atomic mass is 10.1. The molecule has 5 nitrogen and oxygen atoms in total. The van der Waals surface area contributed by atoms with Crippen molar-refractivity contribution < 1.29 is 0 Å². The van der Waals surface area contributed by atoms with E-state index in [9.17, 15) is 4.79 Å². The minimum atomic E-state index is 0.00751. The molecule has 3 heterocycles. The van der Waals surface area contributed by atoms with Crippen LogP contribution in [0.15, 0.2) is 53.7 Å². The number of nitrogens with zero attached hydrogens (tertiary/aromatic N) is 4. The lowest BCUT2D eigenvalue weighted by molar-refractivity contribution is 0.476. The molecule has 0 radical (unpaired) electrons. The maximum absolute atomic E-state index is 12.2. The average molecular weight is 264 g/mol. The second-order valence-electron chi connectivity index (χ2n) is 4.85. The lowest BCUT2D eigenvalue weighted by Crippen LogP contribution is -2.28. The van der Waals surface area contributed by atoms with Gasteiger partial charge in [-0.15, -0.1) is 0 Å². The summed E-state index contributed by atoms with van der Waals surface area (Å²) in [5, 5.41) is 0. The van der Waals surface area contributed by atoms with Crippen molar-refractivity contribution in [3.05, 3.63) is 70.4 Å². The van der Waals surface area contributed by atoms with E-state index in [1.54, 1.807) is 16.9 Å². The Labute approximate surface area is 115 Å². The predicted octanol–water partition coefficient (Wildman–Crippen LogP) is 1.52. The van der Waals surface area contributed by atoms with E-state index in [1.807, 2.05) is 22.9 Å². The van der Waals surface area contributed by atoms with E-state index in [-0.39, 0.29) is 5.56 Å². The first-order valence-electron chi connectivity index (χ1n) is 6.47. The van der Waals surface area contributed by atoms with Crippen molar-refractivity contribution in [2.45, 2.75) is 13.1 Å². The van der Waals surface area contributed by atoms with Crippen LogP contribution in [-0.2, 0) is 13.1 Å². The van der Waals surface area contributed by atoms with Crippen LogP contribution in [0.1, 0.15) is 11.1 Å². The minimum Gasteiger partial charge on any atom is -0.276 e. The Kier molecular flexibility index (Phi) is 2.32. The average Bonchev–Trinajstić information content (AvgIpc) is 2.83. The molecule has 0 bridgehead atoms. The fourth-order valence-corrected chi connectivity index (χ4v) is 2.69. The van der Waals surface area contributed by atoms with E-state index in [0.717, 1.165) is 11.4 Å². The highest BCUT2D eigenvalue weighted by molar-refractivity contribution is 5.54. The monoisotopic (exact) mass is 264 g/mol. The van der Waals surface area contributed by atoms with Crippen LogP contribution in [0, 0.1) is 0 Å². The van der Waals surface area contributed by atoms with Gasteiger partial charge in [-0.3, -0.25) is 9.48 Å². The molecule has 1 aliphatic heterocycles. The highest BCUT2D eigenvalue weighted by atomic mass is 16.1. The van der Waals surface area contributed by atoms with E-state index >= 15 is 0 Å². The molecule has 0 aliphatic carbocycles. The summed E-state index contributed by atoms with van der Waals surface area (Å²) in [5.74, 6) is 0. The zero-order valence-electron chi connectivity index (χ0n) is 10.7. The molecule has 0 spiro atoms. The van der Waals surface area contributed by atoms with Crippen molar-refractivity contribution in [2.75, 3.05) is 0 Å². The van der Waals surface area contributed by atoms with Crippen molar-refractivity contribution in [1.29, 1.82) is 0 Å². The molecule has 0 saturated heterocycles. The second kappa shape index (κ2) is 4.16. The van der Waals surface area contributed by atoms with Crippen molar-refractivity contribution in [1.82, 2.24) is 19.3 Å². The summed E-state index contributed by atoms with van der Waals surface area (Å²) in [6.45, 7) is 1.30. The number of hydrogen-bond donors (Lipinski definition) is 0. The summed E-state index contributed by atoms with van der Waals surface area (Å²) in [5.41, 5.74) is 4.07. The van der Waals surface area contributed by atoms with Gasteiger partial charge in [-0.05, 0) is 17.2 Å². The first-order chi connectivity index (χ1) is 9.83. The minimum absolute atomic E-state index is 0.00751. The highest BCUT2D eigenvalue weighted by Gasteiger charge is 2.19. The first kappa shape index (κ1) is 11.2. The third-order valence-corrected chi connectivity index (χ3v) is 3.69. The van der Waals surface area contributed by atoms with Gasteiger partial charge in [-0.25, -0.2) is 14.6 Å². The van der Waals surface area contributed by atoms with Gasteiger partial charge in [0, 0.05) is 12.3 Å². The largest absolute Gasteiger partial charge is 0.276 e. The molecule has 5 heteroatoms. The Hall–Kier alpha value is -2.69. The molecule has 0 saturated carbocycles. The molecule has 3 aromatic rings. The van der Waals surface area contributed by atoms with Gasteiger partial charge in [-0.1, -0.05) is 24.3 Å². The first-order valence-corrected chi connectivity index (χ1v) is 6.47. The summed E-state index contributed by atoms with van der Waals surface area (Å²) in [4.78, 5) is 20.3. The number of rotatable bonds is 1. The number of hydrogen-bond acceptors (Lipinski definition) is 3. The third kappa shape index (κ3) is 1.60. The van der Waals surface area contributed by atoms with Crippen LogP contribution in [0.2, 0.25) is 0 Å². The molecule has 1 aliphatic rings. The van der Waals surface area contributed by atoms with Gasteiger partial charge in [0.2, 0.25) is 0 Å². The van der Waals surface area contributed by atoms with Gasteiger partial charge in [-0.2, -0.15) is 0 Å². The quantitative estimate of drug-likeness (QED) is 0.523. The molecule has 20 heavy (non-hydrogen) atoms. The molecule has 0 fully saturated rings. The van der Waals surface area contributed by atoms with Crippen LogP contribution in [0.25, 0.3) is 11.4 Å².